The Morgan fingerprint density at radius 2 is 1.67 bits per heavy atom. The van der Waals surface area contributed by atoms with Gasteiger partial charge in [-0.25, -0.2) is 0 Å². The molecule has 0 N–H and O–H groups in total. The molecule has 6 nitrogen and oxygen atoms in total. The molecule has 132 valence electrons. The number of hydrogen-bond donors (Lipinski definition) is 0. The highest BCUT2D eigenvalue weighted by Crippen LogP contribution is 2.33. The van der Waals surface area contributed by atoms with Crippen LogP contribution in [0, 0.1) is 0 Å². The largest absolute Gasteiger partial charge is 0.465 e. The van der Waals surface area contributed by atoms with E-state index in [0.29, 0.717) is 11.6 Å². The summed E-state index contributed by atoms with van der Waals surface area (Å²) in [6, 6.07) is 0. The molecule has 6 heteroatoms. The highest BCUT2D eigenvalue weighted by atomic mass is 16.6. The zero-order valence-corrected chi connectivity index (χ0v) is 14.7. The Hall–Kier alpha value is -1.98. The fraction of sp³-hybridized carbons (Fsp3) is 0.667. The molecule has 1 aliphatic carbocycles. The molecule has 1 aromatic rings. The van der Waals surface area contributed by atoms with Gasteiger partial charge in [0, 0.05) is 12.1 Å². The maximum atomic E-state index is 12.5. The van der Waals surface area contributed by atoms with Gasteiger partial charge in [-0.2, -0.15) is 0 Å². The van der Waals surface area contributed by atoms with Crippen molar-refractivity contribution in [3.8, 4) is 0 Å². The third kappa shape index (κ3) is 3.74. The fourth-order valence-electron chi connectivity index (χ4n) is 3.06. The number of ether oxygens (including phenoxy) is 2. The van der Waals surface area contributed by atoms with E-state index >= 15 is 0 Å². The van der Waals surface area contributed by atoms with E-state index in [4.69, 9.17) is 9.47 Å². The summed E-state index contributed by atoms with van der Waals surface area (Å²) in [4.78, 5) is 33.8. The summed E-state index contributed by atoms with van der Waals surface area (Å²) in [7, 11) is 0. The number of aromatic nitrogens is 2. The predicted molar refractivity (Wildman–Crippen MR) is 88.5 cm³/mol. The highest BCUT2D eigenvalue weighted by molar-refractivity contribution is 6.05. The molecule has 0 saturated heterocycles. The standard InChI is InChI=1S/C18H26N2O4/c1-4-23-16(21)18(3,17(22)24-5-2)15-12-19-11-14(20-15)13-9-7-6-8-10-13/h11-13H,4-10H2,1-3H3. The van der Waals surface area contributed by atoms with Crippen LogP contribution in [0.5, 0.6) is 0 Å². The zero-order valence-electron chi connectivity index (χ0n) is 14.7. The van der Waals surface area contributed by atoms with Crippen LogP contribution in [0.15, 0.2) is 12.4 Å². The third-order valence-corrected chi connectivity index (χ3v) is 4.56. The quantitative estimate of drug-likeness (QED) is 0.588. The van der Waals surface area contributed by atoms with Crippen molar-refractivity contribution in [1.29, 1.82) is 0 Å². The minimum absolute atomic E-state index is 0.184. The van der Waals surface area contributed by atoms with Crippen molar-refractivity contribution in [3.05, 3.63) is 23.8 Å². The van der Waals surface area contributed by atoms with Crippen LogP contribution in [0.1, 0.15) is 70.2 Å². The number of hydrogen-bond acceptors (Lipinski definition) is 6. The van der Waals surface area contributed by atoms with Gasteiger partial charge in [-0.3, -0.25) is 19.6 Å². The number of rotatable bonds is 6. The molecule has 24 heavy (non-hydrogen) atoms. The van der Waals surface area contributed by atoms with Crippen molar-refractivity contribution < 1.29 is 19.1 Å². The van der Waals surface area contributed by atoms with Crippen LogP contribution >= 0.6 is 0 Å². The van der Waals surface area contributed by atoms with Crippen molar-refractivity contribution in [3.63, 3.8) is 0 Å². The van der Waals surface area contributed by atoms with E-state index in [9.17, 15) is 9.59 Å². The molecule has 0 aromatic carbocycles. The molecule has 0 radical (unpaired) electrons. The normalized spacial score (nSPS) is 15.8. The Kier molecular flexibility index (Phi) is 6.29. The van der Waals surface area contributed by atoms with Gasteiger partial charge in [-0.15, -0.1) is 0 Å². The summed E-state index contributed by atoms with van der Waals surface area (Å²) in [6.45, 7) is 5.27. The van der Waals surface area contributed by atoms with E-state index in [1.54, 1.807) is 20.0 Å². The van der Waals surface area contributed by atoms with Gasteiger partial charge in [0.15, 0.2) is 0 Å². The van der Waals surface area contributed by atoms with Crippen LogP contribution in [0.2, 0.25) is 0 Å². The van der Waals surface area contributed by atoms with Gasteiger partial charge in [0.1, 0.15) is 0 Å². The third-order valence-electron chi connectivity index (χ3n) is 4.56. The minimum atomic E-state index is -1.59. The van der Waals surface area contributed by atoms with E-state index < -0.39 is 17.4 Å². The lowest BCUT2D eigenvalue weighted by Gasteiger charge is -2.26. The second-order valence-electron chi connectivity index (χ2n) is 6.23. The summed E-state index contributed by atoms with van der Waals surface area (Å²) in [5.41, 5.74) is -0.460. The van der Waals surface area contributed by atoms with Crippen molar-refractivity contribution >= 4 is 11.9 Å². The highest BCUT2D eigenvalue weighted by Gasteiger charge is 2.48. The zero-order chi connectivity index (χ0) is 17.6. The second kappa shape index (κ2) is 8.22. The Balaban J connectivity index is 2.38. The van der Waals surface area contributed by atoms with Crippen molar-refractivity contribution in [2.24, 2.45) is 0 Å². The van der Waals surface area contributed by atoms with Gasteiger partial charge in [0.25, 0.3) is 0 Å². The molecule has 2 rings (SSSR count). The van der Waals surface area contributed by atoms with Gasteiger partial charge in [-0.05, 0) is 33.6 Å². The molecule has 1 fully saturated rings. The first-order valence-corrected chi connectivity index (χ1v) is 8.70. The van der Waals surface area contributed by atoms with E-state index in [1.807, 2.05) is 0 Å². The summed E-state index contributed by atoms with van der Waals surface area (Å²) in [5.74, 6) is -0.975. The summed E-state index contributed by atoms with van der Waals surface area (Å²) in [6.07, 6.45) is 8.90. The van der Waals surface area contributed by atoms with Crippen molar-refractivity contribution in [2.75, 3.05) is 13.2 Å². The monoisotopic (exact) mass is 334 g/mol. The van der Waals surface area contributed by atoms with Gasteiger partial charge >= 0.3 is 11.9 Å². The SMILES string of the molecule is CCOC(=O)C(C)(C(=O)OCC)c1cncc(C2CCCCC2)n1. The summed E-state index contributed by atoms with van der Waals surface area (Å²) < 4.78 is 10.2. The lowest BCUT2D eigenvalue weighted by Crippen LogP contribution is -2.44. The molecule has 1 aliphatic rings. The molecule has 1 heterocycles. The van der Waals surface area contributed by atoms with Crippen LogP contribution in [0.3, 0.4) is 0 Å². The van der Waals surface area contributed by atoms with Gasteiger partial charge in [-0.1, -0.05) is 19.3 Å². The average Bonchev–Trinajstić information content (AvgIpc) is 2.62. The number of carbonyl (C=O) groups excluding carboxylic acids is 2. The molecule has 0 atom stereocenters. The smallest absolute Gasteiger partial charge is 0.329 e. The van der Waals surface area contributed by atoms with Crippen LogP contribution < -0.4 is 0 Å². The predicted octanol–water partition coefficient (Wildman–Crippen LogP) is 2.91. The number of nitrogens with zero attached hydrogens (tertiary/aromatic N) is 2. The van der Waals surface area contributed by atoms with Crippen LogP contribution in [-0.4, -0.2) is 35.1 Å². The number of carbonyl (C=O) groups is 2. The summed E-state index contributed by atoms with van der Waals surface area (Å²) >= 11 is 0. The first kappa shape index (κ1) is 18.4. The van der Waals surface area contributed by atoms with Gasteiger partial charge < -0.3 is 9.47 Å². The molecule has 0 aliphatic heterocycles. The first-order chi connectivity index (χ1) is 11.5. The fourth-order valence-corrected chi connectivity index (χ4v) is 3.06. The van der Waals surface area contributed by atoms with Crippen LogP contribution in [-0.2, 0) is 24.5 Å². The molecule has 0 amide bonds. The molecule has 1 aromatic heterocycles. The molecule has 0 spiro atoms. The Labute approximate surface area is 143 Å². The lowest BCUT2D eigenvalue weighted by atomic mass is 9.85. The molecule has 1 saturated carbocycles. The topological polar surface area (TPSA) is 78.4 Å². The van der Waals surface area contributed by atoms with E-state index in [0.717, 1.165) is 18.5 Å². The van der Waals surface area contributed by atoms with Crippen LogP contribution in [0.4, 0.5) is 0 Å². The van der Waals surface area contributed by atoms with Crippen molar-refractivity contribution in [2.45, 2.75) is 64.2 Å². The van der Waals surface area contributed by atoms with E-state index in [-0.39, 0.29) is 13.2 Å². The summed E-state index contributed by atoms with van der Waals surface area (Å²) in [5, 5.41) is 0. The van der Waals surface area contributed by atoms with E-state index in [1.165, 1.54) is 32.4 Å². The lowest BCUT2D eigenvalue weighted by molar-refractivity contribution is -0.164. The van der Waals surface area contributed by atoms with Crippen molar-refractivity contribution in [1.82, 2.24) is 9.97 Å². The van der Waals surface area contributed by atoms with Gasteiger partial charge in [0.05, 0.1) is 30.8 Å². The minimum Gasteiger partial charge on any atom is -0.465 e. The second-order valence-corrected chi connectivity index (χ2v) is 6.23. The average molecular weight is 334 g/mol. The maximum absolute atomic E-state index is 12.5. The maximum Gasteiger partial charge on any atom is 0.329 e. The van der Waals surface area contributed by atoms with Gasteiger partial charge in [0.2, 0.25) is 5.41 Å². The molecular weight excluding hydrogens is 308 g/mol. The first-order valence-electron chi connectivity index (χ1n) is 8.70. The molecule has 0 bridgehead atoms. The number of esters is 2. The Morgan fingerprint density at radius 1 is 1.08 bits per heavy atom. The van der Waals surface area contributed by atoms with Crippen LogP contribution in [0.25, 0.3) is 0 Å². The Morgan fingerprint density at radius 3 is 2.21 bits per heavy atom. The van der Waals surface area contributed by atoms with E-state index in [2.05, 4.69) is 9.97 Å². The molecular formula is C18H26N2O4. The Bertz CT molecular complexity index is 564. The molecule has 0 unspecified atom stereocenters.